The third-order valence-corrected chi connectivity index (χ3v) is 5.51. The summed E-state index contributed by atoms with van der Waals surface area (Å²) in [7, 11) is 0. The number of pyridine rings is 1. The van der Waals surface area contributed by atoms with Gasteiger partial charge in [-0.05, 0) is 51.0 Å². The molecule has 2 aromatic rings. The van der Waals surface area contributed by atoms with E-state index in [1.807, 2.05) is 12.3 Å². The molecule has 5 nitrogen and oxygen atoms in total. The minimum Gasteiger partial charge on any atom is -0.316 e. The molecule has 1 N–H and O–H groups in total. The Kier molecular flexibility index (Phi) is 4.31. The first-order chi connectivity index (χ1) is 11.4. The number of likely N-dealkylation sites (N-methyl/N-ethyl adjacent to an activating group) is 1. The average Bonchev–Trinajstić information content (AvgIpc) is 3.23. The van der Waals surface area contributed by atoms with Crippen LogP contribution in [0.3, 0.4) is 0 Å². The maximum Gasteiger partial charge on any atom is 0.160 e. The highest BCUT2D eigenvalue weighted by Gasteiger charge is 2.27. The van der Waals surface area contributed by atoms with E-state index in [0.29, 0.717) is 12.0 Å². The van der Waals surface area contributed by atoms with Crippen LogP contribution in [0.4, 0.5) is 0 Å². The summed E-state index contributed by atoms with van der Waals surface area (Å²) < 4.78 is 2.42. The van der Waals surface area contributed by atoms with Crippen molar-refractivity contribution in [1.29, 1.82) is 0 Å². The second-order valence-corrected chi connectivity index (χ2v) is 6.89. The maximum absolute atomic E-state index is 4.95. The number of nitrogens with zero attached hydrogens (tertiary/aromatic N) is 4. The van der Waals surface area contributed by atoms with Gasteiger partial charge in [0.2, 0.25) is 0 Å². The Morgan fingerprint density at radius 3 is 3.09 bits per heavy atom. The molecular weight excluding hydrogens is 286 g/mol. The lowest BCUT2D eigenvalue weighted by molar-refractivity contribution is 0.140. The van der Waals surface area contributed by atoms with Crippen LogP contribution < -0.4 is 5.32 Å². The zero-order valence-electron chi connectivity index (χ0n) is 14.0. The van der Waals surface area contributed by atoms with Crippen LogP contribution in [0.1, 0.15) is 44.3 Å². The van der Waals surface area contributed by atoms with Crippen LogP contribution >= 0.6 is 0 Å². The summed E-state index contributed by atoms with van der Waals surface area (Å²) in [6.45, 7) is 7.85. The van der Waals surface area contributed by atoms with Crippen molar-refractivity contribution in [2.45, 2.75) is 51.1 Å². The van der Waals surface area contributed by atoms with Crippen LogP contribution in [0.25, 0.3) is 11.2 Å². The SMILES string of the molecule is CCN1CCCCC1Cn1c(C2CCNC2)nc2cccnc21. The van der Waals surface area contributed by atoms with Crippen LogP contribution in [0, 0.1) is 0 Å². The summed E-state index contributed by atoms with van der Waals surface area (Å²) in [4.78, 5) is 12.2. The smallest absolute Gasteiger partial charge is 0.160 e. The first-order valence-corrected chi connectivity index (χ1v) is 9.12. The second kappa shape index (κ2) is 6.57. The molecular formula is C18H27N5. The van der Waals surface area contributed by atoms with E-state index < -0.39 is 0 Å². The standard InChI is InChI=1S/C18H27N5/c1-2-22-11-4-3-6-15(22)13-23-17(14-8-10-19-12-14)21-16-7-5-9-20-18(16)23/h5,7,9,14-15,19H,2-4,6,8,10-13H2,1H3. The molecule has 0 spiro atoms. The number of likely N-dealkylation sites (tertiary alicyclic amines) is 1. The number of hydrogen-bond acceptors (Lipinski definition) is 4. The van der Waals surface area contributed by atoms with Crippen molar-refractivity contribution in [2.24, 2.45) is 0 Å². The summed E-state index contributed by atoms with van der Waals surface area (Å²) in [5.74, 6) is 1.77. The lowest BCUT2D eigenvalue weighted by Gasteiger charge is -2.35. The molecule has 0 aromatic carbocycles. The lowest BCUT2D eigenvalue weighted by atomic mass is 10.0. The Bertz CT molecular complexity index is 658. The van der Waals surface area contributed by atoms with E-state index in [9.17, 15) is 0 Å². The quantitative estimate of drug-likeness (QED) is 0.941. The highest BCUT2D eigenvalue weighted by Crippen LogP contribution is 2.27. The summed E-state index contributed by atoms with van der Waals surface area (Å²) in [5, 5.41) is 3.48. The van der Waals surface area contributed by atoms with E-state index in [4.69, 9.17) is 4.98 Å². The van der Waals surface area contributed by atoms with Gasteiger partial charge in [-0.1, -0.05) is 13.3 Å². The summed E-state index contributed by atoms with van der Waals surface area (Å²) in [6.07, 6.45) is 7.07. The van der Waals surface area contributed by atoms with Crippen LogP contribution in [0.5, 0.6) is 0 Å². The topological polar surface area (TPSA) is 46.0 Å². The third-order valence-electron chi connectivity index (χ3n) is 5.51. The number of piperidine rings is 1. The van der Waals surface area contributed by atoms with Gasteiger partial charge < -0.3 is 9.88 Å². The molecule has 0 amide bonds. The fraction of sp³-hybridized carbons (Fsp3) is 0.667. The molecule has 2 aliphatic rings. The van der Waals surface area contributed by atoms with Gasteiger partial charge in [-0.2, -0.15) is 0 Å². The summed E-state index contributed by atoms with van der Waals surface area (Å²) in [5.41, 5.74) is 2.12. The molecule has 2 aromatic heterocycles. The Hall–Kier alpha value is -1.46. The Balaban J connectivity index is 1.70. The van der Waals surface area contributed by atoms with Crippen LogP contribution in [-0.4, -0.2) is 51.7 Å². The van der Waals surface area contributed by atoms with Gasteiger partial charge >= 0.3 is 0 Å². The normalized spacial score (nSPS) is 26.1. The largest absolute Gasteiger partial charge is 0.316 e. The third kappa shape index (κ3) is 2.88. The van der Waals surface area contributed by atoms with Gasteiger partial charge in [0.25, 0.3) is 0 Å². The van der Waals surface area contributed by atoms with Gasteiger partial charge in [0.15, 0.2) is 5.65 Å². The zero-order chi connectivity index (χ0) is 15.6. The second-order valence-electron chi connectivity index (χ2n) is 6.89. The van der Waals surface area contributed by atoms with Gasteiger partial charge in [-0.15, -0.1) is 0 Å². The van der Waals surface area contributed by atoms with Crippen molar-refractivity contribution < 1.29 is 0 Å². The fourth-order valence-electron chi connectivity index (χ4n) is 4.24. The van der Waals surface area contributed by atoms with Crippen molar-refractivity contribution in [1.82, 2.24) is 24.8 Å². The minimum absolute atomic E-state index is 0.530. The maximum atomic E-state index is 4.95. The summed E-state index contributed by atoms with van der Waals surface area (Å²) >= 11 is 0. The number of nitrogens with one attached hydrogen (secondary N) is 1. The van der Waals surface area contributed by atoms with E-state index >= 15 is 0 Å². The fourth-order valence-corrected chi connectivity index (χ4v) is 4.24. The lowest BCUT2D eigenvalue weighted by Crippen LogP contribution is -2.42. The number of imidazole rings is 1. The molecule has 4 rings (SSSR count). The van der Waals surface area contributed by atoms with E-state index in [-0.39, 0.29) is 0 Å². The van der Waals surface area contributed by atoms with Crippen LogP contribution in [-0.2, 0) is 6.54 Å². The van der Waals surface area contributed by atoms with Gasteiger partial charge in [0.05, 0.1) is 0 Å². The van der Waals surface area contributed by atoms with Crippen molar-refractivity contribution in [2.75, 3.05) is 26.2 Å². The summed E-state index contributed by atoms with van der Waals surface area (Å²) in [6, 6.07) is 4.72. The highest BCUT2D eigenvalue weighted by atomic mass is 15.2. The predicted molar refractivity (Wildman–Crippen MR) is 92.6 cm³/mol. The van der Waals surface area contributed by atoms with Gasteiger partial charge in [-0.3, -0.25) is 4.90 Å². The van der Waals surface area contributed by atoms with Crippen molar-refractivity contribution in [3.8, 4) is 0 Å². The van der Waals surface area contributed by atoms with E-state index in [2.05, 4.69) is 32.8 Å². The molecule has 23 heavy (non-hydrogen) atoms. The van der Waals surface area contributed by atoms with Crippen molar-refractivity contribution in [3.63, 3.8) is 0 Å². The van der Waals surface area contributed by atoms with Gasteiger partial charge in [0, 0.05) is 31.2 Å². The molecule has 0 saturated carbocycles. The predicted octanol–water partition coefficient (Wildman–Crippen LogP) is 2.38. The molecule has 124 valence electrons. The van der Waals surface area contributed by atoms with Gasteiger partial charge in [-0.25, -0.2) is 9.97 Å². The van der Waals surface area contributed by atoms with E-state index in [0.717, 1.165) is 37.3 Å². The Labute approximate surface area is 138 Å². The molecule has 2 atom stereocenters. The average molecular weight is 313 g/mol. The zero-order valence-corrected chi connectivity index (χ0v) is 14.0. The van der Waals surface area contributed by atoms with Crippen LogP contribution in [0.2, 0.25) is 0 Å². The molecule has 2 aliphatic heterocycles. The molecule has 0 radical (unpaired) electrons. The molecule has 0 aliphatic carbocycles. The van der Waals surface area contributed by atoms with Gasteiger partial charge in [0.1, 0.15) is 11.3 Å². The van der Waals surface area contributed by atoms with Crippen molar-refractivity contribution >= 4 is 11.2 Å². The molecule has 0 bridgehead atoms. The first kappa shape index (κ1) is 15.1. The Morgan fingerprint density at radius 1 is 1.30 bits per heavy atom. The monoisotopic (exact) mass is 313 g/mol. The van der Waals surface area contributed by atoms with E-state index in [1.54, 1.807) is 0 Å². The molecule has 4 heterocycles. The first-order valence-electron chi connectivity index (χ1n) is 9.12. The molecule has 2 saturated heterocycles. The minimum atomic E-state index is 0.530. The number of fused-ring (bicyclic) bond motifs is 1. The number of rotatable bonds is 4. The molecule has 2 fully saturated rings. The Morgan fingerprint density at radius 2 is 2.26 bits per heavy atom. The van der Waals surface area contributed by atoms with E-state index in [1.165, 1.54) is 38.1 Å². The highest BCUT2D eigenvalue weighted by molar-refractivity contribution is 5.71. The number of hydrogen-bond donors (Lipinski definition) is 1. The molecule has 5 heteroatoms. The van der Waals surface area contributed by atoms with Crippen molar-refractivity contribution in [3.05, 3.63) is 24.2 Å². The van der Waals surface area contributed by atoms with Crippen LogP contribution in [0.15, 0.2) is 18.3 Å². The number of aromatic nitrogens is 3. The molecule has 2 unspecified atom stereocenters.